The molecule has 0 N–H and O–H groups in total. The van der Waals surface area contributed by atoms with Crippen LogP contribution in [0.1, 0.15) is 28.0 Å². The molecular weight excluding hydrogens is 284 g/mol. The number of nitrogens with zero attached hydrogens (tertiary/aromatic N) is 2. The standard InChI is InChI=1S/C13H15ClN2O2S/c1-4-9-13(14)10(16(2)15-9)6-11(17)12-5-8(18-3)7-19-12/h5,7H,4,6H2,1-3H3. The van der Waals surface area contributed by atoms with Crippen molar-refractivity contribution < 1.29 is 9.53 Å². The first-order valence-electron chi connectivity index (χ1n) is 5.92. The van der Waals surface area contributed by atoms with Crippen LogP contribution in [0.15, 0.2) is 11.4 Å². The number of carbonyl (C=O) groups is 1. The molecule has 0 aromatic carbocycles. The molecule has 0 atom stereocenters. The van der Waals surface area contributed by atoms with Crippen molar-refractivity contribution >= 4 is 28.7 Å². The minimum Gasteiger partial charge on any atom is -0.496 e. The van der Waals surface area contributed by atoms with Crippen LogP contribution in [-0.4, -0.2) is 22.7 Å². The fourth-order valence-corrected chi connectivity index (χ4v) is 2.98. The van der Waals surface area contributed by atoms with E-state index >= 15 is 0 Å². The Labute approximate surface area is 121 Å². The summed E-state index contributed by atoms with van der Waals surface area (Å²) in [5.74, 6) is 0.736. The monoisotopic (exact) mass is 298 g/mol. The lowest BCUT2D eigenvalue weighted by Gasteiger charge is -2.00. The van der Waals surface area contributed by atoms with Gasteiger partial charge in [-0.25, -0.2) is 0 Å². The highest BCUT2D eigenvalue weighted by Crippen LogP contribution is 2.25. The Morgan fingerprint density at radius 3 is 2.84 bits per heavy atom. The summed E-state index contributed by atoms with van der Waals surface area (Å²) >= 11 is 7.62. The van der Waals surface area contributed by atoms with Crippen LogP contribution >= 0.6 is 22.9 Å². The molecule has 0 radical (unpaired) electrons. The SMILES string of the molecule is CCc1nn(C)c(CC(=O)c2cc(OC)cs2)c1Cl. The number of ketones is 1. The van der Waals surface area contributed by atoms with Gasteiger partial charge in [-0.1, -0.05) is 18.5 Å². The van der Waals surface area contributed by atoms with Crippen molar-refractivity contribution in [2.75, 3.05) is 7.11 Å². The third-order valence-corrected chi connectivity index (χ3v) is 4.30. The summed E-state index contributed by atoms with van der Waals surface area (Å²) in [6.45, 7) is 1.99. The molecule has 4 nitrogen and oxygen atoms in total. The zero-order valence-corrected chi connectivity index (χ0v) is 12.6. The average Bonchev–Trinajstić information content (AvgIpc) is 2.98. The van der Waals surface area contributed by atoms with Crippen molar-refractivity contribution in [1.82, 2.24) is 9.78 Å². The first-order valence-corrected chi connectivity index (χ1v) is 7.18. The first-order chi connectivity index (χ1) is 9.06. The van der Waals surface area contributed by atoms with E-state index in [0.717, 1.165) is 17.8 Å². The van der Waals surface area contributed by atoms with E-state index < -0.39 is 0 Å². The van der Waals surface area contributed by atoms with E-state index in [1.165, 1.54) is 11.3 Å². The fourth-order valence-electron chi connectivity index (χ4n) is 1.82. The van der Waals surface area contributed by atoms with Crippen LogP contribution < -0.4 is 4.74 Å². The van der Waals surface area contributed by atoms with Gasteiger partial charge in [0.1, 0.15) is 5.75 Å². The van der Waals surface area contributed by atoms with Crippen LogP contribution in [0.5, 0.6) is 5.75 Å². The maximum Gasteiger partial charge on any atom is 0.178 e. The van der Waals surface area contributed by atoms with Gasteiger partial charge in [0, 0.05) is 18.5 Å². The van der Waals surface area contributed by atoms with Gasteiger partial charge in [0.25, 0.3) is 0 Å². The number of aromatic nitrogens is 2. The quantitative estimate of drug-likeness (QED) is 0.797. The topological polar surface area (TPSA) is 44.1 Å². The molecule has 0 aliphatic carbocycles. The lowest BCUT2D eigenvalue weighted by molar-refractivity contribution is 0.0994. The second-order valence-corrected chi connectivity index (χ2v) is 5.42. The molecule has 0 aliphatic heterocycles. The van der Waals surface area contributed by atoms with Crippen molar-refractivity contribution in [2.45, 2.75) is 19.8 Å². The molecule has 0 aliphatic rings. The number of carbonyl (C=O) groups excluding carboxylic acids is 1. The fraction of sp³-hybridized carbons (Fsp3) is 0.385. The Bertz CT molecular complexity index is 604. The summed E-state index contributed by atoms with van der Waals surface area (Å²) in [5, 5.41) is 6.72. The van der Waals surface area contributed by atoms with E-state index in [9.17, 15) is 4.79 Å². The van der Waals surface area contributed by atoms with E-state index in [1.807, 2.05) is 19.4 Å². The highest BCUT2D eigenvalue weighted by atomic mass is 35.5. The first kappa shape index (κ1) is 14.1. The van der Waals surface area contributed by atoms with Gasteiger partial charge in [0.15, 0.2) is 5.78 Å². The van der Waals surface area contributed by atoms with E-state index in [1.54, 1.807) is 17.9 Å². The van der Waals surface area contributed by atoms with Crippen molar-refractivity contribution in [1.29, 1.82) is 0 Å². The predicted octanol–water partition coefficient (Wildman–Crippen LogP) is 3.13. The van der Waals surface area contributed by atoms with Crippen LogP contribution in [-0.2, 0) is 19.9 Å². The number of hydrogen-bond acceptors (Lipinski definition) is 4. The van der Waals surface area contributed by atoms with Crippen LogP contribution in [0.2, 0.25) is 5.02 Å². The molecule has 19 heavy (non-hydrogen) atoms. The Morgan fingerprint density at radius 1 is 1.58 bits per heavy atom. The Hall–Kier alpha value is -1.33. The van der Waals surface area contributed by atoms with Gasteiger partial charge in [0.2, 0.25) is 0 Å². The molecule has 2 aromatic rings. The number of rotatable bonds is 5. The third-order valence-electron chi connectivity index (χ3n) is 2.92. The summed E-state index contributed by atoms with van der Waals surface area (Å²) < 4.78 is 6.76. The summed E-state index contributed by atoms with van der Waals surface area (Å²) in [5.41, 5.74) is 1.59. The van der Waals surface area contributed by atoms with Gasteiger partial charge in [-0.05, 0) is 6.42 Å². The smallest absolute Gasteiger partial charge is 0.178 e. The van der Waals surface area contributed by atoms with E-state index in [0.29, 0.717) is 15.6 Å². The lowest BCUT2D eigenvalue weighted by Crippen LogP contribution is -2.07. The number of hydrogen-bond donors (Lipinski definition) is 0. The molecule has 0 bridgehead atoms. The van der Waals surface area contributed by atoms with Gasteiger partial charge in [-0.2, -0.15) is 5.10 Å². The number of thiophene rings is 1. The van der Waals surface area contributed by atoms with Crippen LogP contribution in [0.25, 0.3) is 0 Å². The Balaban J connectivity index is 2.21. The molecule has 102 valence electrons. The number of methoxy groups -OCH3 is 1. The molecule has 2 aromatic heterocycles. The number of halogens is 1. The molecule has 6 heteroatoms. The van der Waals surface area contributed by atoms with Crippen molar-refractivity contribution in [3.8, 4) is 5.75 Å². The second kappa shape index (κ2) is 5.75. The van der Waals surface area contributed by atoms with Crippen LogP contribution in [0.4, 0.5) is 0 Å². The summed E-state index contributed by atoms with van der Waals surface area (Å²) in [6, 6.07) is 1.75. The summed E-state index contributed by atoms with van der Waals surface area (Å²) in [6.07, 6.45) is 1.01. The lowest BCUT2D eigenvalue weighted by atomic mass is 10.1. The van der Waals surface area contributed by atoms with E-state index in [4.69, 9.17) is 16.3 Å². The Morgan fingerprint density at radius 2 is 2.32 bits per heavy atom. The Kier molecular flexibility index (Phi) is 4.27. The molecular formula is C13H15ClN2O2S. The summed E-state index contributed by atoms with van der Waals surface area (Å²) in [4.78, 5) is 12.9. The van der Waals surface area contributed by atoms with Gasteiger partial charge in [-0.3, -0.25) is 9.48 Å². The maximum absolute atomic E-state index is 12.2. The molecule has 0 amide bonds. The number of ether oxygens (including phenoxy) is 1. The van der Waals surface area contributed by atoms with Gasteiger partial charge < -0.3 is 4.74 Å². The molecule has 2 heterocycles. The van der Waals surface area contributed by atoms with Gasteiger partial charge in [0.05, 0.1) is 34.8 Å². The number of Topliss-reactive ketones (excluding diaryl/α,β-unsaturated/α-hetero) is 1. The van der Waals surface area contributed by atoms with Crippen molar-refractivity contribution in [2.24, 2.45) is 7.05 Å². The molecule has 2 rings (SSSR count). The highest BCUT2D eigenvalue weighted by molar-refractivity contribution is 7.12. The third kappa shape index (κ3) is 2.82. The van der Waals surface area contributed by atoms with Crippen molar-refractivity contribution in [3.63, 3.8) is 0 Å². The van der Waals surface area contributed by atoms with Crippen LogP contribution in [0.3, 0.4) is 0 Å². The minimum atomic E-state index is 0.0286. The minimum absolute atomic E-state index is 0.0286. The summed E-state index contributed by atoms with van der Waals surface area (Å²) in [7, 11) is 3.39. The molecule has 0 spiro atoms. The zero-order chi connectivity index (χ0) is 14.0. The van der Waals surface area contributed by atoms with Gasteiger partial charge in [-0.15, -0.1) is 11.3 Å². The molecule has 0 fully saturated rings. The highest BCUT2D eigenvalue weighted by Gasteiger charge is 2.18. The van der Waals surface area contributed by atoms with Crippen molar-refractivity contribution in [3.05, 3.63) is 32.7 Å². The maximum atomic E-state index is 12.2. The molecule has 0 saturated carbocycles. The van der Waals surface area contributed by atoms with E-state index in [-0.39, 0.29) is 12.2 Å². The van der Waals surface area contributed by atoms with Crippen LogP contribution in [0, 0.1) is 0 Å². The largest absolute Gasteiger partial charge is 0.496 e. The zero-order valence-electron chi connectivity index (χ0n) is 11.1. The number of aryl methyl sites for hydroxylation is 2. The second-order valence-electron chi connectivity index (χ2n) is 4.14. The molecule has 0 saturated heterocycles. The normalized spacial score (nSPS) is 10.7. The average molecular weight is 299 g/mol. The molecule has 0 unspecified atom stereocenters. The van der Waals surface area contributed by atoms with Gasteiger partial charge >= 0.3 is 0 Å². The van der Waals surface area contributed by atoms with E-state index in [2.05, 4.69) is 5.10 Å². The predicted molar refractivity (Wildman–Crippen MR) is 76.5 cm³/mol.